The summed E-state index contributed by atoms with van der Waals surface area (Å²) in [6, 6.07) is 18.5. The van der Waals surface area contributed by atoms with Gasteiger partial charge < -0.3 is 5.11 Å². The predicted octanol–water partition coefficient (Wildman–Crippen LogP) is 6.76. The number of carbonyl (C=O) groups is 2. The topological polar surface area (TPSA) is 70.0 Å². The zero-order chi connectivity index (χ0) is 25.3. The molecular weight excluding hydrogens is 497 g/mol. The molecular formula is C26H20Cl2F2N2O3. The molecule has 1 N–H and O–H groups in total. The first kappa shape index (κ1) is 24.8. The fourth-order valence-corrected chi connectivity index (χ4v) is 4.56. The number of hydrogen-bond donors (Lipinski definition) is 1. The van der Waals surface area contributed by atoms with Crippen LogP contribution in [0.3, 0.4) is 0 Å². The second-order valence-electron chi connectivity index (χ2n) is 8.31. The van der Waals surface area contributed by atoms with E-state index in [-0.39, 0.29) is 6.42 Å². The average molecular weight is 517 g/mol. The summed E-state index contributed by atoms with van der Waals surface area (Å²) < 4.78 is 29.1. The van der Waals surface area contributed by atoms with Gasteiger partial charge in [-0.3, -0.25) is 9.59 Å². The Hall–Kier alpha value is -3.29. The minimum atomic E-state index is -4.12. The molecule has 180 valence electrons. The maximum Gasteiger partial charge on any atom is 0.337 e. The Bertz CT molecular complexity index is 1310. The number of aliphatic carboxylic acids is 1. The Kier molecular flexibility index (Phi) is 6.92. The van der Waals surface area contributed by atoms with Gasteiger partial charge in [-0.2, -0.15) is 13.9 Å². The third-order valence-electron chi connectivity index (χ3n) is 5.68. The maximum atomic E-state index is 14.6. The van der Waals surface area contributed by atoms with Gasteiger partial charge in [0.15, 0.2) is 0 Å². The molecule has 5 nitrogen and oxygen atoms in total. The van der Waals surface area contributed by atoms with Crippen molar-refractivity contribution in [3.8, 4) is 11.1 Å². The Balaban J connectivity index is 1.80. The van der Waals surface area contributed by atoms with Gasteiger partial charge in [-0.1, -0.05) is 77.3 Å². The highest BCUT2D eigenvalue weighted by Gasteiger charge is 2.48. The lowest BCUT2D eigenvalue weighted by Gasteiger charge is -2.25. The highest BCUT2D eigenvalue weighted by molar-refractivity contribution is 6.35. The van der Waals surface area contributed by atoms with E-state index in [0.717, 1.165) is 5.56 Å². The molecule has 9 heteroatoms. The van der Waals surface area contributed by atoms with Gasteiger partial charge >= 0.3 is 17.8 Å². The first-order valence-electron chi connectivity index (χ1n) is 10.7. The quantitative estimate of drug-likeness (QED) is 0.393. The Morgan fingerprint density at radius 2 is 1.63 bits per heavy atom. The lowest BCUT2D eigenvalue weighted by molar-refractivity contribution is -0.167. The van der Waals surface area contributed by atoms with Crippen LogP contribution in [-0.2, 0) is 9.59 Å². The van der Waals surface area contributed by atoms with Gasteiger partial charge in [0.1, 0.15) is 6.42 Å². The molecule has 35 heavy (non-hydrogen) atoms. The highest BCUT2D eigenvalue weighted by Crippen LogP contribution is 2.39. The molecule has 0 bridgehead atoms. The fraction of sp³-hybridized carbons (Fsp3) is 0.192. The van der Waals surface area contributed by atoms with E-state index >= 15 is 0 Å². The summed E-state index contributed by atoms with van der Waals surface area (Å²) >= 11 is 12.4. The SMILES string of the molecule is Cc1ccc(C2CC(c3ccccc3-c3cc(Cl)cc(Cl)c3)=NN2C(=O)C(F)(F)CC(=O)O)cc1. The molecule has 0 aromatic heterocycles. The molecule has 1 aliphatic heterocycles. The molecule has 1 heterocycles. The number of carboxylic acid groups (broad SMARTS) is 1. The standard InChI is InChI=1S/C26H20Cl2F2N2O3/c1-15-6-8-16(9-7-15)23-13-22(31-32(23)25(35)26(29,30)14-24(33)34)21-5-3-2-4-20(21)17-10-18(27)12-19(28)11-17/h2-12,23H,13-14H2,1H3,(H,33,34). The second-order valence-corrected chi connectivity index (χ2v) is 9.18. The number of benzene rings is 3. The lowest BCUT2D eigenvalue weighted by atomic mass is 9.92. The number of carboxylic acids is 1. The highest BCUT2D eigenvalue weighted by atomic mass is 35.5. The summed E-state index contributed by atoms with van der Waals surface area (Å²) in [5, 5.41) is 14.8. The summed E-state index contributed by atoms with van der Waals surface area (Å²) in [6.45, 7) is 1.89. The number of alkyl halides is 2. The third-order valence-corrected chi connectivity index (χ3v) is 6.11. The first-order valence-corrected chi connectivity index (χ1v) is 11.4. The summed E-state index contributed by atoms with van der Waals surface area (Å²) in [6.07, 6.45) is -1.46. The largest absolute Gasteiger partial charge is 0.481 e. The predicted molar refractivity (Wildman–Crippen MR) is 131 cm³/mol. The van der Waals surface area contributed by atoms with E-state index in [4.69, 9.17) is 28.3 Å². The third kappa shape index (κ3) is 5.36. The van der Waals surface area contributed by atoms with Crippen molar-refractivity contribution in [2.24, 2.45) is 5.10 Å². The van der Waals surface area contributed by atoms with Crippen molar-refractivity contribution in [3.05, 3.63) is 93.5 Å². The zero-order valence-electron chi connectivity index (χ0n) is 18.5. The van der Waals surface area contributed by atoms with Crippen molar-refractivity contribution in [2.45, 2.75) is 31.7 Å². The van der Waals surface area contributed by atoms with Crippen molar-refractivity contribution in [3.63, 3.8) is 0 Å². The van der Waals surface area contributed by atoms with Gasteiger partial charge in [0.2, 0.25) is 0 Å². The summed E-state index contributed by atoms with van der Waals surface area (Å²) in [4.78, 5) is 23.8. The number of hydrazone groups is 1. The summed E-state index contributed by atoms with van der Waals surface area (Å²) in [5.74, 6) is -7.56. The van der Waals surface area contributed by atoms with Crippen LogP contribution in [0, 0.1) is 6.92 Å². The second kappa shape index (κ2) is 9.76. The molecule has 1 unspecified atom stereocenters. The van der Waals surface area contributed by atoms with Gasteiger partial charge in [0.25, 0.3) is 0 Å². The molecule has 0 radical (unpaired) electrons. The van der Waals surface area contributed by atoms with Crippen LogP contribution in [0.15, 0.2) is 71.8 Å². The number of nitrogens with zero attached hydrogens (tertiary/aromatic N) is 2. The van der Waals surface area contributed by atoms with Gasteiger partial charge in [-0.25, -0.2) is 5.01 Å². The van der Waals surface area contributed by atoms with Crippen molar-refractivity contribution in [1.29, 1.82) is 0 Å². The molecule has 0 spiro atoms. The molecule has 1 atom stereocenters. The van der Waals surface area contributed by atoms with E-state index in [9.17, 15) is 18.4 Å². The fourth-order valence-electron chi connectivity index (χ4n) is 4.04. The molecule has 0 saturated heterocycles. The van der Waals surface area contributed by atoms with E-state index in [1.165, 1.54) is 0 Å². The lowest BCUT2D eigenvalue weighted by Crippen LogP contribution is -2.42. The molecule has 0 aliphatic carbocycles. The zero-order valence-corrected chi connectivity index (χ0v) is 20.0. The number of amides is 1. The number of hydrogen-bond acceptors (Lipinski definition) is 3. The van der Waals surface area contributed by atoms with Crippen LogP contribution in [0.25, 0.3) is 11.1 Å². The van der Waals surface area contributed by atoms with Crippen LogP contribution in [0.5, 0.6) is 0 Å². The first-order chi connectivity index (χ1) is 16.5. The Morgan fingerprint density at radius 1 is 1.03 bits per heavy atom. The van der Waals surface area contributed by atoms with Crippen molar-refractivity contribution >= 4 is 40.8 Å². The number of aryl methyl sites for hydroxylation is 1. The molecule has 1 aliphatic rings. The Morgan fingerprint density at radius 3 is 2.23 bits per heavy atom. The molecule has 3 aromatic carbocycles. The van der Waals surface area contributed by atoms with Crippen molar-refractivity contribution in [2.75, 3.05) is 0 Å². The molecule has 0 saturated carbocycles. The van der Waals surface area contributed by atoms with Crippen LogP contribution < -0.4 is 0 Å². The van der Waals surface area contributed by atoms with E-state index in [1.54, 1.807) is 42.5 Å². The van der Waals surface area contributed by atoms with E-state index in [1.807, 2.05) is 31.2 Å². The minimum Gasteiger partial charge on any atom is -0.481 e. The van der Waals surface area contributed by atoms with Gasteiger partial charge in [0.05, 0.1) is 11.8 Å². The Labute approximate surface area is 210 Å². The van der Waals surface area contributed by atoms with Crippen LogP contribution >= 0.6 is 23.2 Å². The van der Waals surface area contributed by atoms with Crippen LogP contribution in [0.4, 0.5) is 8.78 Å². The molecule has 4 rings (SSSR count). The van der Waals surface area contributed by atoms with Gasteiger partial charge in [-0.15, -0.1) is 0 Å². The van der Waals surface area contributed by atoms with Crippen LogP contribution in [0.2, 0.25) is 10.0 Å². The van der Waals surface area contributed by atoms with Crippen LogP contribution in [0.1, 0.15) is 35.6 Å². The normalized spacial score (nSPS) is 15.7. The smallest absolute Gasteiger partial charge is 0.337 e. The van der Waals surface area contributed by atoms with E-state index in [0.29, 0.717) is 43.0 Å². The number of halogens is 4. The van der Waals surface area contributed by atoms with E-state index in [2.05, 4.69) is 5.10 Å². The van der Waals surface area contributed by atoms with Gasteiger partial charge in [-0.05, 0) is 41.8 Å². The monoisotopic (exact) mass is 516 g/mol. The minimum absolute atomic E-state index is 0.156. The summed E-state index contributed by atoms with van der Waals surface area (Å²) in [7, 11) is 0. The van der Waals surface area contributed by atoms with Crippen molar-refractivity contribution in [1.82, 2.24) is 5.01 Å². The molecule has 1 amide bonds. The average Bonchev–Trinajstić information content (AvgIpc) is 3.22. The summed E-state index contributed by atoms with van der Waals surface area (Å²) in [5.41, 5.74) is 4.02. The van der Waals surface area contributed by atoms with E-state index < -0.39 is 30.3 Å². The van der Waals surface area contributed by atoms with Gasteiger partial charge in [0, 0.05) is 22.0 Å². The van der Waals surface area contributed by atoms with Crippen molar-refractivity contribution < 1.29 is 23.5 Å². The van der Waals surface area contributed by atoms with Crippen LogP contribution in [-0.4, -0.2) is 33.6 Å². The number of carbonyl (C=O) groups excluding carboxylic acids is 1. The maximum absolute atomic E-state index is 14.6. The molecule has 3 aromatic rings. The molecule has 0 fully saturated rings. The number of rotatable bonds is 6.